The van der Waals surface area contributed by atoms with Crippen LogP contribution in [0.4, 0.5) is 4.39 Å². The Morgan fingerprint density at radius 1 is 1.24 bits per heavy atom. The van der Waals surface area contributed by atoms with Crippen LogP contribution < -0.4 is 0 Å². The summed E-state index contributed by atoms with van der Waals surface area (Å²) in [5.41, 5.74) is 2.21. The van der Waals surface area contributed by atoms with Crippen LogP contribution in [0.3, 0.4) is 0 Å². The molecule has 0 aliphatic heterocycles. The lowest BCUT2D eigenvalue weighted by molar-refractivity contribution is 0.626. The zero-order valence-electron chi connectivity index (χ0n) is 11.9. The molecule has 1 heterocycles. The number of rotatable bonds is 5. The van der Waals surface area contributed by atoms with Crippen molar-refractivity contribution < 1.29 is 4.39 Å². The Bertz CT molecular complexity index is 687. The van der Waals surface area contributed by atoms with E-state index in [1.165, 1.54) is 11.4 Å². The summed E-state index contributed by atoms with van der Waals surface area (Å²) in [6.45, 7) is 9.86. The average Bonchev–Trinajstić information content (AvgIpc) is 2.48. The molecule has 3 heteroatoms. The number of hydrogen-bond acceptors (Lipinski definition) is 1. The first kappa shape index (κ1) is 15.3. The summed E-state index contributed by atoms with van der Waals surface area (Å²) in [5, 5.41) is 2.29. The minimum atomic E-state index is -0.310. The molecule has 0 amide bonds. The summed E-state index contributed by atoms with van der Waals surface area (Å²) >= 11 is 0. The molecular formula is C18H17FNP. The maximum Gasteiger partial charge on any atom is 0.149 e. The van der Waals surface area contributed by atoms with Crippen molar-refractivity contribution in [3.63, 3.8) is 0 Å². The number of allylic oxidation sites excluding steroid dienone is 3. The van der Waals surface area contributed by atoms with Gasteiger partial charge in [-0.05, 0) is 35.2 Å². The Labute approximate surface area is 126 Å². The van der Waals surface area contributed by atoms with Gasteiger partial charge in [0.05, 0.1) is 0 Å². The first-order valence-electron chi connectivity index (χ1n) is 6.58. The standard InChI is InChI=1S/C18H17FNP/c1-4-6-13(2)21-14(3)15-8-10-16(11-9-15)18-17(19)7-5-12-20-18/h4-12,21H,1,3H2,2H3/b13-6+. The monoisotopic (exact) mass is 297 g/mol. The van der Waals surface area contributed by atoms with Crippen molar-refractivity contribution in [2.24, 2.45) is 0 Å². The summed E-state index contributed by atoms with van der Waals surface area (Å²) in [5.74, 6) is -0.310. The average molecular weight is 297 g/mol. The molecule has 0 bridgehead atoms. The van der Waals surface area contributed by atoms with E-state index < -0.39 is 0 Å². The van der Waals surface area contributed by atoms with Gasteiger partial charge in [0.15, 0.2) is 0 Å². The van der Waals surface area contributed by atoms with Crippen LogP contribution in [0, 0.1) is 5.82 Å². The molecule has 0 saturated carbocycles. The third kappa shape index (κ3) is 3.96. The fourth-order valence-corrected chi connectivity index (χ4v) is 2.94. The molecule has 0 fully saturated rings. The normalized spacial score (nSPS) is 11.8. The van der Waals surface area contributed by atoms with Crippen molar-refractivity contribution in [2.45, 2.75) is 6.92 Å². The van der Waals surface area contributed by atoms with E-state index >= 15 is 0 Å². The van der Waals surface area contributed by atoms with Gasteiger partial charge >= 0.3 is 0 Å². The Kier molecular flexibility index (Phi) is 5.19. The molecule has 0 N–H and O–H groups in total. The quantitative estimate of drug-likeness (QED) is 0.515. The molecule has 0 aliphatic carbocycles. The highest BCUT2D eigenvalue weighted by Crippen LogP contribution is 2.38. The predicted octanol–water partition coefficient (Wildman–Crippen LogP) is 5.63. The Hall–Kier alpha value is -2.05. The number of pyridine rings is 1. The van der Waals surface area contributed by atoms with Gasteiger partial charge < -0.3 is 0 Å². The van der Waals surface area contributed by atoms with Gasteiger partial charge in [0.25, 0.3) is 0 Å². The first-order valence-corrected chi connectivity index (χ1v) is 7.58. The smallest absolute Gasteiger partial charge is 0.149 e. The van der Waals surface area contributed by atoms with E-state index in [-0.39, 0.29) is 5.82 Å². The van der Waals surface area contributed by atoms with E-state index in [2.05, 4.69) is 25.1 Å². The summed E-state index contributed by atoms with van der Waals surface area (Å²) in [6, 6.07) is 10.7. The number of halogens is 1. The second-order valence-corrected chi connectivity index (χ2v) is 6.24. The van der Waals surface area contributed by atoms with Crippen LogP contribution >= 0.6 is 8.58 Å². The molecule has 2 rings (SSSR count). The van der Waals surface area contributed by atoms with Crippen LogP contribution in [-0.4, -0.2) is 4.98 Å². The van der Waals surface area contributed by atoms with Crippen molar-refractivity contribution >= 4 is 13.9 Å². The van der Waals surface area contributed by atoms with Gasteiger partial charge in [0, 0.05) is 11.8 Å². The molecule has 0 radical (unpaired) electrons. The third-order valence-electron chi connectivity index (χ3n) is 2.98. The fourth-order valence-electron chi connectivity index (χ4n) is 1.96. The Morgan fingerprint density at radius 3 is 2.57 bits per heavy atom. The van der Waals surface area contributed by atoms with E-state index in [0.717, 1.165) is 16.4 Å². The highest BCUT2D eigenvalue weighted by atomic mass is 31.1. The van der Waals surface area contributed by atoms with E-state index in [1.807, 2.05) is 30.3 Å². The van der Waals surface area contributed by atoms with Crippen LogP contribution in [0.15, 0.2) is 73.2 Å². The zero-order chi connectivity index (χ0) is 15.2. The van der Waals surface area contributed by atoms with Crippen molar-refractivity contribution in [1.82, 2.24) is 4.98 Å². The SMILES string of the molecule is C=C/C=C(\C)PC(=C)c1ccc(-c2ncccc2F)cc1. The maximum atomic E-state index is 13.7. The molecular weight excluding hydrogens is 280 g/mol. The van der Waals surface area contributed by atoms with Crippen molar-refractivity contribution in [1.29, 1.82) is 0 Å². The lowest BCUT2D eigenvalue weighted by atomic mass is 10.1. The van der Waals surface area contributed by atoms with Crippen LogP contribution in [0.25, 0.3) is 16.6 Å². The molecule has 0 aliphatic rings. The molecule has 0 saturated heterocycles. The molecule has 0 spiro atoms. The summed E-state index contributed by atoms with van der Waals surface area (Å²) < 4.78 is 13.7. The number of benzene rings is 1. The fraction of sp³-hybridized carbons (Fsp3) is 0.0556. The van der Waals surface area contributed by atoms with Gasteiger partial charge in [-0.2, -0.15) is 0 Å². The maximum absolute atomic E-state index is 13.7. The molecule has 1 unspecified atom stereocenters. The van der Waals surface area contributed by atoms with E-state index in [0.29, 0.717) is 14.3 Å². The van der Waals surface area contributed by atoms with Crippen LogP contribution in [-0.2, 0) is 0 Å². The molecule has 1 aromatic carbocycles. The topological polar surface area (TPSA) is 12.9 Å². The molecule has 2 aromatic rings. The minimum Gasteiger partial charge on any atom is -0.253 e. The molecule has 1 atom stereocenters. The highest BCUT2D eigenvalue weighted by Gasteiger charge is 2.06. The van der Waals surface area contributed by atoms with Crippen molar-refractivity contribution in [2.75, 3.05) is 0 Å². The summed E-state index contributed by atoms with van der Waals surface area (Å²) in [4.78, 5) is 4.08. The van der Waals surface area contributed by atoms with E-state index in [4.69, 9.17) is 0 Å². The van der Waals surface area contributed by atoms with Gasteiger partial charge in [-0.15, -0.1) is 0 Å². The predicted molar refractivity (Wildman–Crippen MR) is 90.9 cm³/mol. The Balaban J connectivity index is 2.20. The second kappa shape index (κ2) is 7.10. The second-order valence-electron chi connectivity index (χ2n) is 4.60. The Morgan fingerprint density at radius 2 is 1.95 bits per heavy atom. The first-order chi connectivity index (χ1) is 10.1. The number of aromatic nitrogens is 1. The van der Waals surface area contributed by atoms with Crippen molar-refractivity contribution in [3.05, 3.63) is 84.6 Å². The highest BCUT2D eigenvalue weighted by molar-refractivity contribution is 7.54. The number of hydrogen-bond donors (Lipinski definition) is 0. The minimum absolute atomic E-state index is 0.310. The molecule has 21 heavy (non-hydrogen) atoms. The van der Waals surface area contributed by atoms with Gasteiger partial charge in [-0.25, -0.2) is 4.39 Å². The van der Waals surface area contributed by atoms with Crippen LogP contribution in [0.2, 0.25) is 0 Å². The zero-order valence-corrected chi connectivity index (χ0v) is 12.9. The van der Waals surface area contributed by atoms with E-state index in [1.54, 1.807) is 18.3 Å². The molecule has 106 valence electrons. The molecule has 1 aromatic heterocycles. The molecule has 1 nitrogen and oxygen atoms in total. The largest absolute Gasteiger partial charge is 0.253 e. The van der Waals surface area contributed by atoms with Crippen molar-refractivity contribution in [3.8, 4) is 11.3 Å². The van der Waals surface area contributed by atoms with Gasteiger partial charge in [-0.3, -0.25) is 4.98 Å². The lowest BCUT2D eigenvalue weighted by Crippen LogP contribution is -1.88. The summed E-state index contributed by atoms with van der Waals surface area (Å²) in [6.07, 6.45) is 5.36. The lowest BCUT2D eigenvalue weighted by Gasteiger charge is -2.08. The van der Waals surface area contributed by atoms with Crippen LogP contribution in [0.1, 0.15) is 12.5 Å². The third-order valence-corrected chi connectivity index (χ3v) is 4.13. The van der Waals surface area contributed by atoms with Gasteiger partial charge in [0.2, 0.25) is 0 Å². The number of nitrogens with zero attached hydrogens (tertiary/aromatic N) is 1. The summed E-state index contributed by atoms with van der Waals surface area (Å²) in [7, 11) is 0.531. The van der Waals surface area contributed by atoms with Gasteiger partial charge in [0.1, 0.15) is 11.5 Å². The van der Waals surface area contributed by atoms with E-state index in [9.17, 15) is 4.39 Å². The van der Waals surface area contributed by atoms with Crippen LogP contribution in [0.5, 0.6) is 0 Å². The van der Waals surface area contributed by atoms with Gasteiger partial charge in [-0.1, -0.05) is 58.2 Å².